The van der Waals surface area contributed by atoms with Crippen molar-refractivity contribution in [3.8, 4) is 23.0 Å². The molecule has 4 aromatic rings. The van der Waals surface area contributed by atoms with Gasteiger partial charge in [0.2, 0.25) is 0 Å². The summed E-state index contributed by atoms with van der Waals surface area (Å²) in [5, 5.41) is 67.1. The molecule has 0 bridgehead atoms. The van der Waals surface area contributed by atoms with Gasteiger partial charge in [0.15, 0.2) is 0 Å². The SMILES string of the molecule is OB(O)Oc1ccc(CF)cc1.OB(O)Oc1ccc(CF)cc1.OB(O)Oc1ccc(CF)cc1.OB(O)Oc1ccc(CF)cc1.[KH]. The summed E-state index contributed by atoms with van der Waals surface area (Å²) in [7, 11) is -7.33. The molecule has 0 aliphatic rings. The Hall–Kier alpha value is -2.62. The molecule has 0 atom stereocenters. The molecule has 0 aliphatic carbocycles. The van der Waals surface area contributed by atoms with Crippen LogP contribution in [0.5, 0.6) is 23.0 Å². The maximum absolute atomic E-state index is 12.0. The van der Waals surface area contributed by atoms with Crippen molar-refractivity contribution >= 4 is 80.7 Å². The van der Waals surface area contributed by atoms with Crippen LogP contribution in [0.15, 0.2) is 97.1 Å². The molecule has 0 amide bonds. The summed E-state index contributed by atoms with van der Waals surface area (Å²) in [6.45, 7) is -2.16. The Kier molecular flexibility index (Phi) is 25.7. The molecule has 0 heterocycles. The van der Waals surface area contributed by atoms with Gasteiger partial charge in [-0.1, -0.05) is 48.5 Å². The van der Waals surface area contributed by atoms with Crippen LogP contribution in [0.2, 0.25) is 0 Å². The summed E-state index contributed by atoms with van der Waals surface area (Å²) in [5.74, 6) is 1.17. The molecule has 49 heavy (non-hydrogen) atoms. The third kappa shape index (κ3) is 22.7. The summed E-state index contributed by atoms with van der Waals surface area (Å²) >= 11 is 0. The van der Waals surface area contributed by atoms with Crippen molar-refractivity contribution in [2.75, 3.05) is 0 Å². The Labute approximate surface area is 323 Å². The zero-order valence-corrected chi connectivity index (χ0v) is 25.1. The molecule has 21 heteroatoms. The normalized spacial score (nSPS) is 9.39. The van der Waals surface area contributed by atoms with Gasteiger partial charge in [0.1, 0.15) is 49.7 Å². The van der Waals surface area contributed by atoms with Crippen LogP contribution in [-0.4, -0.2) is 121 Å². The Morgan fingerprint density at radius 1 is 0.327 bits per heavy atom. The van der Waals surface area contributed by atoms with E-state index in [-0.39, 0.29) is 51.4 Å². The summed E-state index contributed by atoms with van der Waals surface area (Å²) in [4.78, 5) is 0. The van der Waals surface area contributed by atoms with Crippen molar-refractivity contribution in [1.82, 2.24) is 0 Å². The Balaban J connectivity index is 0.000000623. The number of hydrogen-bond acceptors (Lipinski definition) is 12. The van der Waals surface area contributed by atoms with E-state index >= 15 is 0 Å². The standard InChI is InChI=1S/4C7H8BFO3.K.H/c4*9-5-6-1-3-7(4-2-6)12-8(10)11;;/h4*1-4,10-11H,5H2;;. The monoisotopic (exact) mass is 720 g/mol. The second-order valence-corrected chi connectivity index (χ2v) is 8.89. The molecule has 0 aromatic heterocycles. The number of hydrogen-bond donors (Lipinski definition) is 8. The zero-order valence-electron chi connectivity index (χ0n) is 25.1. The molecule has 4 aromatic carbocycles. The van der Waals surface area contributed by atoms with E-state index in [1.54, 1.807) is 0 Å². The van der Waals surface area contributed by atoms with E-state index in [9.17, 15) is 17.6 Å². The van der Waals surface area contributed by atoms with Crippen LogP contribution < -0.4 is 18.6 Å². The van der Waals surface area contributed by atoms with E-state index < -0.39 is 56.0 Å². The van der Waals surface area contributed by atoms with Crippen molar-refractivity contribution in [2.24, 2.45) is 0 Å². The van der Waals surface area contributed by atoms with Gasteiger partial charge in [0.25, 0.3) is 0 Å². The van der Waals surface area contributed by atoms with Crippen LogP contribution in [0.3, 0.4) is 0 Å². The van der Waals surface area contributed by atoms with E-state index in [4.69, 9.17) is 40.2 Å². The number of rotatable bonds is 12. The van der Waals surface area contributed by atoms with E-state index in [0.29, 0.717) is 45.3 Å². The quantitative estimate of drug-likeness (QED) is 0.0775. The van der Waals surface area contributed by atoms with Gasteiger partial charge < -0.3 is 58.8 Å². The van der Waals surface area contributed by atoms with Crippen molar-refractivity contribution < 1.29 is 76.4 Å². The van der Waals surface area contributed by atoms with Gasteiger partial charge in [0, 0.05) is 0 Å². The third-order valence-electron chi connectivity index (χ3n) is 5.28. The van der Waals surface area contributed by atoms with E-state index in [0.717, 1.165) is 0 Å². The van der Waals surface area contributed by atoms with Crippen molar-refractivity contribution in [3.05, 3.63) is 119 Å². The van der Waals surface area contributed by atoms with Gasteiger partial charge in [-0.2, -0.15) is 0 Å². The van der Waals surface area contributed by atoms with Gasteiger partial charge in [-0.25, -0.2) is 17.6 Å². The van der Waals surface area contributed by atoms with E-state index in [2.05, 4.69) is 18.6 Å². The van der Waals surface area contributed by atoms with Crippen molar-refractivity contribution in [2.45, 2.75) is 26.7 Å². The molecule has 8 N–H and O–H groups in total. The number of alkyl halides is 4. The molecular weight excluding hydrogens is 687 g/mol. The van der Waals surface area contributed by atoms with Gasteiger partial charge in [0.05, 0.1) is 0 Å². The Morgan fingerprint density at radius 3 is 0.571 bits per heavy atom. The molecule has 0 radical (unpaired) electrons. The molecule has 258 valence electrons. The third-order valence-corrected chi connectivity index (χ3v) is 5.28. The first-order valence-electron chi connectivity index (χ1n) is 13.6. The van der Waals surface area contributed by atoms with E-state index in [1.807, 2.05) is 0 Å². The molecule has 0 saturated carbocycles. The second kappa shape index (κ2) is 27.1. The maximum atomic E-state index is 12.0. The van der Waals surface area contributed by atoms with Crippen LogP contribution in [0.4, 0.5) is 17.6 Å². The van der Waals surface area contributed by atoms with Crippen LogP contribution in [0.1, 0.15) is 22.3 Å². The predicted octanol–water partition coefficient (Wildman–Crippen LogP) is 1.37. The van der Waals surface area contributed by atoms with E-state index in [1.165, 1.54) is 97.1 Å². The van der Waals surface area contributed by atoms with Crippen LogP contribution in [-0.2, 0) is 26.7 Å². The first-order chi connectivity index (χ1) is 22.9. The summed E-state index contributed by atoms with van der Waals surface area (Å²) < 4.78 is 65.9. The van der Waals surface area contributed by atoms with Crippen LogP contribution in [0.25, 0.3) is 0 Å². The molecule has 4 rings (SSSR count). The average molecular weight is 720 g/mol. The van der Waals surface area contributed by atoms with Gasteiger partial charge in [-0.05, 0) is 70.8 Å². The summed E-state index contributed by atoms with van der Waals surface area (Å²) in [6.07, 6.45) is 0. The molecule has 0 saturated heterocycles. The molecule has 0 aliphatic heterocycles. The number of benzene rings is 4. The van der Waals surface area contributed by atoms with Crippen molar-refractivity contribution in [1.29, 1.82) is 0 Å². The number of halogens is 4. The molecule has 12 nitrogen and oxygen atoms in total. The van der Waals surface area contributed by atoms with Crippen molar-refractivity contribution in [3.63, 3.8) is 0 Å². The second-order valence-electron chi connectivity index (χ2n) is 8.89. The minimum atomic E-state index is -1.83. The first-order valence-corrected chi connectivity index (χ1v) is 13.6. The summed E-state index contributed by atoms with van der Waals surface area (Å²) in [6, 6.07) is 23.8. The first kappa shape index (κ1) is 46.4. The fraction of sp³-hybridized carbons (Fsp3) is 0.143. The van der Waals surface area contributed by atoms with Crippen LogP contribution >= 0.6 is 0 Å². The Morgan fingerprint density at radius 2 is 0.469 bits per heavy atom. The molecular formula is C28H33B4F4KO12. The zero-order chi connectivity index (χ0) is 35.9. The van der Waals surface area contributed by atoms with Gasteiger partial charge in [-0.15, -0.1) is 0 Å². The summed E-state index contributed by atoms with van der Waals surface area (Å²) in [5.41, 5.74) is 2.09. The van der Waals surface area contributed by atoms with Gasteiger partial charge in [-0.3, -0.25) is 0 Å². The molecule has 0 spiro atoms. The minimum absolute atomic E-state index is 0. The van der Waals surface area contributed by atoms with Crippen LogP contribution in [0, 0.1) is 0 Å². The topological polar surface area (TPSA) is 199 Å². The predicted molar refractivity (Wildman–Crippen MR) is 175 cm³/mol. The molecule has 0 unspecified atom stereocenters. The van der Waals surface area contributed by atoms with Gasteiger partial charge >= 0.3 is 80.7 Å². The fourth-order valence-corrected chi connectivity index (χ4v) is 3.12. The Bertz CT molecular complexity index is 1170. The average Bonchev–Trinajstić information content (AvgIpc) is 3.06. The molecule has 0 fully saturated rings. The fourth-order valence-electron chi connectivity index (χ4n) is 3.12.